The fourth-order valence-electron chi connectivity index (χ4n) is 10.7. The van der Waals surface area contributed by atoms with Gasteiger partial charge in [-0.1, -0.05) is 121 Å². The van der Waals surface area contributed by atoms with Crippen molar-refractivity contribution in [3.63, 3.8) is 0 Å². The molecule has 0 atom stereocenters. The predicted octanol–water partition coefficient (Wildman–Crippen LogP) is 11.1. The van der Waals surface area contributed by atoms with E-state index in [1.165, 1.54) is 49.3 Å². The molecule has 63 heavy (non-hydrogen) atoms. The Bertz CT molecular complexity index is 3070. The molecule has 3 aliphatic heterocycles. The first-order valence-electron chi connectivity index (χ1n) is 21.9. The second-order valence-corrected chi connectivity index (χ2v) is 21.9. The molecule has 3 aliphatic rings. The van der Waals surface area contributed by atoms with Gasteiger partial charge in [0.15, 0.2) is 0 Å². The fourth-order valence-corrected chi connectivity index (χ4v) is 13.9. The maximum atomic E-state index is 5.00. The van der Waals surface area contributed by atoms with Gasteiger partial charge < -0.3 is 14.7 Å². The van der Waals surface area contributed by atoms with E-state index in [2.05, 4.69) is 224 Å². The van der Waals surface area contributed by atoms with Gasteiger partial charge in [-0.15, -0.1) is 0 Å². The lowest BCUT2D eigenvalue weighted by Gasteiger charge is -2.50. The highest BCUT2D eigenvalue weighted by atomic mass is 28.3. The molecule has 12 rings (SSSR count). The summed E-state index contributed by atoms with van der Waals surface area (Å²) in [6.07, 6.45) is 3.87. The lowest BCUT2D eigenvalue weighted by Crippen LogP contribution is -2.79. The molecular weight excluding hydrogens is 782 g/mol. The number of para-hydroxylation sites is 4. The summed E-state index contributed by atoms with van der Waals surface area (Å²) in [5, 5.41) is 3.00. The van der Waals surface area contributed by atoms with E-state index >= 15 is 0 Å². The van der Waals surface area contributed by atoms with E-state index in [1.807, 2.05) is 12.4 Å². The smallest absolute Gasteiger partial charge is 0.251 e. The highest BCUT2D eigenvalue weighted by Gasteiger charge is 2.52. The minimum absolute atomic E-state index is 0.0323. The molecular formula is C56H44BN5Si. The van der Waals surface area contributed by atoms with Gasteiger partial charge in [-0.05, 0) is 126 Å². The molecule has 7 heteroatoms. The van der Waals surface area contributed by atoms with Crippen LogP contribution >= 0.6 is 0 Å². The molecule has 2 aromatic heterocycles. The molecule has 0 radical (unpaired) electrons. The van der Waals surface area contributed by atoms with E-state index in [4.69, 9.17) is 9.97 Å². The summed E-state index contributed by atoms with van der Waals surface area (Å²) in [5.41, 5.74) is 20.9. The van der Waals surface area contributed by atoms with Crippen molar-refractivity contribution in [2.75, 3.05) is 14.7 Å². The molecule has 5 heterocycles. The summed E-state index contributed by atoms with van der Waals surface area (Å²) in [6.45, 7) is 9.42. The number of hydrogen-bond donors (Lipinski definition) is 0. The number of hydrogen-bond acceptors (Lipinski definition) is 5. The van der Waals surface area contributed by atoms with Crippen LogP contribution in [0.2, 0.25) is 13.1 Å². The van der Waals surface area contributed by atoms with Crippen molar-refractivity contribution in [2.24, 2.45) is 0 Å². The zero-order valence-corrected chi connectivity index (χ0v) is 36.8. The molecule has 9 aromatic rings. The number of nitrogens with zero attached hydrogens (tertiary/aromatic N) is 5. The van der Waals surface area contributed by atoms with E-state index in [0.717, 1.165) is 62.3 Å². The van der Waals surface area contributed by atoms with Crippen molar-refractivity contribution in [1.29, 1.82) is 0 Å². The van der Waals surface area contributed by atoms with Crippen molar-refractivity contribution < 1.29 is 0 Å². The first-order chi connectivity index (χ1) is 30.9. The number of pyridine rings is 2. The molecule has 0 amide bonds. The Balaban J connectivity index is 1.24. The molecule has 5 nitrogen and oxygen atoms in total. The molecule has 0 spiro atoms. The first kappa shape index (κ1) is 37.3. The minimum Gasteiger partial charge on any atom is -0.311 e. The van der Waals surface area contributed by atoms with Crippen LogP contribution in [0.4, 0.5) is 51.2 Å². The van der Waals surface area contributed by atoms with Crippen LogP contribution in [0.1, 0.15) is 11.1 Å². The molecule has 0 unspecified atom stereocenters. The van der Waals surface area contributed by atoms with Crippen LogP contribution in [0.3, 0.4) is 0 Å². The molecule has 0 saturated heterocycles. The van der Waals surface area contributed by atoms with Crippen LogP contribution in [0.5, 0.6) is 0 Å². The van der Waals surface area contributed by atoms with Crippen molar-refractivity contribution in [2.45, 2.75) is 26.9 Å². The quantitative estimate of drug-likeness (QED) is 0.150. The topological polar surface area (TPSA) is 35.5 Å². The lowest BCUT2D eigenvalue weighted by molar-refractivity contribution is 1.22. The van der Waals surface area contributed by atoms with Crippen molar-refractivity contribution >= 4 is 92.7 Å². The van der Waals surface area contributed by atoms with Gasteiger partial charge in [0.2, 0.25) is 0 Å². The SMILES string of the molecule is Cc1ccnc(-c2ccccc2N2c3cc(N(c4ccccc4)c4ccccc4)cc4c3B3c5c2cccc5[Si](C)(C)c2cccc(c23)N4c2ccccc2-c2cc(C)ccn2)c1. The van der Waals surface area contributed by atoms with Crippen LogP contribution in [0.25, 0.3) is 22.5 Å². The molecule has 7 aromatic carbocycles. The van der Waals surface area contributed by atoms with E-state index in [-0.39, 0.29) is 6.71 Å². The molecule has 0 bridgehead atoms. The summed E-state index contributed by atoms with van der Waals surface area (Å²) in [5.74, 6) is 0. The number of aryl methyl sites for hydroxylation is 2. The van der Waals surface area contributed by atoms with Crippen LogP contribution in [0.15, 0.2) is 194 Å². The highest BCUT2D eigenvalue weighted by Crippen LogP contribution is 2.50. The normalized spacial score (nSPS) is 13.7. The van der Waals surface area contributed by atoms with Crippen LogP contribution in [-0.2, 0) is 0 Å². The van der Waals surface area contributed by atoms with E-state index in [1.54, 1.807) is 0 Å². The number of rotatable bonds is 7. The summed E-state index contributed by atoms with van der Waals surface area (Å²) < 4.78 is 0. The fraction of sp³-hybridized carbons (Fsp3) is 0.0714. The maximum Gasteiger partial charge on any atom is 0.251 e. The number of aromatic nitrogens is 2. The highest BCUT2D eigenvalue weighted by molar-refractivity contribution is 7.16. The minimum atomic E-state index is -2.25. The van der Waals surface area contributed by atoms with Crippen molar-refractivity contribution in [3.05, 3.63) is 206 Å². The standard InChI is InChI=1S/C56H44BN5Si/c1-37-29-31-58-44(33-37)42-21-11-13-23-46(42)61-48-25-15-27-52-55(48)57-54-50(61)35-41(60(39-17-7-5-8-18-39)40-19-9-6-10-20-40)36-51(54)62(49-26-16-28-53(56(49)57)63(52,3)4)47-24-14-12-22-43(47)45-34-38(2)30-32-59-45/h5-36H,1-4H3. The van der Waals surface area contributed by atoms with Gasteiger partial charge in [-0.3, -0.25) is 9.97 Å². The second kappa shape index (κ2) is 14.3. The average molecular weight is 826 g/mol. The van der Waals surface area contributed by atoms with Gasteiger partial charge in [0, 0.05) is 57.6 Å². The molecule has 0 aliphatic carbocycles. The average Bonchev–Trinajstić information content (AvgIpc) is 3.31. The number of benzene rings is 7. The molecule has 300 valence electrons. The monoisotopic (exact) mass is 825 g/mol. The zero-order chi connectivity index (χ0) is 42.4. The van der Waals surface area contributed by atoms with E-state index in [9.17, 15) is 0 Å². The van der Waals surface area contributed by atoms with Gasteiger partial charge in [0.1, 0.15) is 8.07 Å². The Kier molecular flexibility index (Phi) is 8.46. The third-order valence-corrected chi connectivity index (χ3v) is 17.0. The Labute approximate surface area is 370 Å². The van der Waals surface area contributed by atoms with E-state index in [0.29, 0.717) is 0 Å². The van der Waals surface area contributed by atoms with Gasteiger partial charge in [0.25, 0.3) is 6.71 Å². The Morgan fingerprint density at radius 1 is 0.413 bits per heavy atom. The summed E-state index contributed by atoms with van der Waals surface area (Å²) >= 11 is 0. The van der Waals surface area contributed by atoms with Crippen LogP contribution < -0.4 is 41.5 Å². The van der Waals surface area contributed by atoms with Crippen molar-refractivity contribution in [1.82, 2.24) is 9.97 Å². The first-order valence-corrected chi connectivity index (χ1v) is 24.9. The third-order valence-electron chi connectivity index (χ3n) is 13.4. The van der Waals surface area contributed by atoms with Gasteiger partial charge >= 0.3 is 0 Å². The summed E-state index contributed by atoms with van der Waals surface area (Å²) in [6, 6.07) is 66.9. The van der Waals surface area contributed by atoms with Gasteiger partial charge in [-0.2, -0.15) is 0 Å². The molecule has 0 fully saturated rings. The van der Waals surface area contributed by atoms with Gasteiger partial charge in [0.05, 0.1) is 28.5 Å². The molecule has 0 saturated carbocycles. The summed E-state index contributed by atoms with van der Waals surface area (Å²) in [7, 11) is -2.25. The van der Waals surface area contributed by atoms with Crippen LogP contribution in [-0.4, -0.2) is 24.8 Å². The predicted molar refractivity (Wildman–Crippen MR) is 268 cm³/mol. The van der Waals surface area contributed by atoms with Crippen molar-refractivity contribution in [3.8, 4) is 22.5 Å². The maximum absolute atomic E-state index is 5.00. The Hall–Kier alpha value is -7.48. The Morgan fingerprint density at radius 2 is 0.841 bits per heavy atom. The Morgan fingerprint density at radius 3 is 1.30 bits per heavy atom. The summed E-state index contributed by atoms with van der Waals surface area (Å²) in [4.78, 5) is 17.5. The largest absolute Gasteiger partial charge is 0.311 e. The molecule has 0 N–H and O–H groups in total. The lowest BCUT2D eigenvalue weighted by atomic mass is 9.33. The third kappa shape index (κ3) is 5.69. The van der Waals surface area contributed by atoms with Crippen LogP contribution in [0, 0.1) is 13.8 Å². The second-order valence-electron chi connectivity index (χ2n) is 17.6. The zero-order valence-electron chi connectivity index (χ0n) is 35.8. The van der Waals surface area contributed by atoms with E-state index < -0.39 is 8.07 Å². The number of anilines is 9. The van der Waals surface area contributed by atoms with Gasteiger partial charge in [-0.25, -0.2) is 0 Å².